The molecule has 6 heteroatoms. The predicted molar refractivity (Wildman–Crippen MR) is 328 cm³/mol. The Labute approximate surface area is 456 Å². The van der Waals surface area contributed by atoms with Crippen LogP contribution in [0.15, 0.2) is 170 Å². The van der Waals surface area contributed by atoms with Crippen LogP contribution in [-0.4, -0.2) is 18.3 Å². The fourth-order valence-corrected chi connectivity index (χ4v) is 12.5. The number of hydrogen-bond acceptors (Lipinski definition) is 2. The van der Waals surface area contributed by atoms with Crippen molar-refractivity contribution in [1.29, 1.82) is 10.5 Å². The Kier molecular flexibility index (Phi) is 10.5. The van der Waals surface area contributed by atoms with Gasteiger partial charge in [-0.2, -0.15) is 10.5 Å². The Morgan fingerprint density at radius 3 is 0.641 bits per heavy atom. The smallest absolute Gasteiger partial charge is 0.104 e. The first-order valence-electron chi connectivity index (χ1n) is 27.4. The molecule has 13 aromatic rings. The summed E-state index contributed by atoms with van der Waals surface area (Å²) in [6.07, 6.45) is 0. The first kappa shape index (κ1) is 48.8. The molecule has 4 heterocycles. The Hall–Kier alpha value is -8.84. The van der Waals surface area contributed by atoms with Gasteiger partial charge >= 0.3 is 0 Å². The minimum absolute atomic E-state index is 0.128. The van der Waals surface area contributed by atoms with Gasteiger partial charge in [-0.25, -0.2) is 0 Å². The van der Waals surface area contributed by atoms with E-state index in [1.165, 1.54) is 22.3 Å². The second-order valence-electron chi connectivity index (χ2n) is 25.7. The molecule has 0 unspecified atom stereocenters. The van der Waals surface area contributed by atoms with Gasteiger partial charge in [-0.3, -0.25) is 0 Å². The second-order valence-corrected chi connectivity index (χ2v) is 25.7. The van der Waals surface area contributed by atoms with E-state index in [1.807, 2.05) is 0 Å². The molecule has 4 aromatic heterocycles. The SMILES string of the molecule is CC(C)(C)c1ccc2c(c1)c1ccccc1n2-c1c(C#N)c(-n2c3ccccc3c3cc(C(C)(C)C)ccc32)c(-n2c3ccccc3c3cc(C(C)(C)C)ccc32)c(C#N)c1-n1c2ccccc2c2cc(C(C)(C)C)ccc21. The molecule has 0 aliphatic heterocycles. The highest BCUT2D eigenvalue weighted by atomic mass is 15.1. The van der Waals surface area contributed by atoms with Gasteiger partial charge in [0.05, 0.1) is 66.9 Å². The van der Waals surface area contributed by atoms with Gasteiger partial charge in [0.25, 0.3) is 0 Å². The molecule has 0 spiro atoms. The minimum Gasteiger partial charge on any atom is -0.306 e. The van der Waals surface area contributed by atoms with Gasteiger partial charge in [-0.15, -0.1) is 0 Å². The van der Waals surface area contributed by atoms with Crippen LogP contribution in [0.25, 0.3) is 110 Å². The quantitative estimate of drug-likeness (QED) is 0.176. The van der Waals surface area contributed by atoms with Gasteiger partial charge in [0.15, 0.2) is 0 Å². The van der Waals surface area contributed by atoms with E-state index in [2.05, 4.69) is 283 Å². The summed E-state index contributed by atoms with van der Waals surface area (Å²) in [5.41, 5.74) is 15.3. The highest BCUT2D eigenvalue weighted by molar-refractivity contribution is 6.16. The summed E-state index contributed by atoms with van der Waals surface area (Å²) in [5, 5.41) is 34.2. The van der Waals surface area contributed by atoms with Crippen molar-refractivity contribution in [2.45, 2.75) is 105 Å². The molecule has 0 atom stereocenters. The zero-order chi connectivity index (χ0) is 54.5. The maximum absolute atomic E-state index is 12.8. The number of aromatic nitrogens is 4. The lowest BCUT2D eigenvalue weighted by Gasteiger charge is -2.27. The maximum atomic E-state index is 12.8. The average molecular weight is 1010 g/mol. The second kappa shape index (κ2) is 16.8. The van der Waals surface area contributed by atoms with Crippen molar-refractivity contribution in [3.8, 4) is 34.9 Å². The molecule has 0 aliphatic carbocycles. The standard InChI is InChI=1S/C72H64N6/c1-69(2,3)43-29-33-61-51(37-43)47-21-13-17-25-57(47)75(61)65-55(41-73)67(77-59-27-19-15-23-49(59)53-39-45(71(7,8)9)31-35-63(53)77)68(78-60-28-20-16-24-50(60)54-40-46(72(10,11)12)32-36-64(54)78)56(42-74)66(65)76-58-26-18-14-22-48(58)52-38-44(70(4,5)6)30-34-62(52)76/h13-40H,1-12H3. The average Bonchev–Trinajstić information content (AvgIpc) is 4.18. The van der Waals surface area contributed by atoms with Crippen molar-refractivity contribution < 1.29 is 0 Å². The summed E-state index contributed by atoms with van der Waals surface area (Å²) in [6.45, 7) is 27.1. The van der Waals surface area contributed by atoms with Crippen LogP contribution >= 0.6 is 0 Å². The third-order valence-electron chi connectivity index (χ3n) is 16.7. The molecule has 0 radical (unpaired) electrons. The van der Waals surface area contributed by atoms with Crippen LogP contribution in [0, 0.1) is 22.7 Å². The molecule has 0 saturated carbocycles. The van der Waals surface area contributed by atoms with Crippen molar-refractivity contribution in [3.63, 3.8) is 0 Å². The number of nitriles is 2. The Balaban J connectivity index is 1.35. The highest BCUT2D eigenvalue weighted by Gasteiger charge is 2.35. The summed E-state index contributed by atoms with van der Waals surface area (Å²) in [7, 11) is 0. The first-order valence-corrected chi connectivity index (χ1v) is 27.4. The van der Waals surface area contributed by atoms with Crippen molar-refractivity contribution >= 4 is 87.2 Å². The van der Waals surface area contributed by atoms with Crippen LogP contribution < -0.4 is 0 Å². The number of nitrogens with zero attached hydrogens (tertiary/aromatic N) is 6. The number of hydrogen-bond donors (Lipinski definition) is 0. The molecule has 0 N–H and O–H groups in total. The summed E-state index contributed by atoms with van der Waals surface area (Å²) in [4.78, 5) is 0. The van der Waals surface area contributed by atoms with Crippen molar-refractivity contribution in [1.82, 2.24) is 18.3 Å². The molecule has 382 valence electrons. The van der Waals surface area contributed by atoms with Crippen molar-refractivity contribution in [2.24, 2.45) is 0 Å². The summed E-state index contributed by atoms with van der Waals surface area (Å²) < 4.78 is 9.21. The van der Waals surface area contributed by atoms with Gasteiger partial charge in [-0.05, 0) is 117 Å². The first-order chi connectivity index (χ1) is 37.2. The van der Waals surface area contributed by atoms with Crippen LogP contribution in [0.1, 0.15) is 116 Å². The topological polar surface area (TPSA) is 67.3 Å². The monoisotopic (exact) mass is 1010 g/mol. The van der Waals surface area contributed by atoms with Crippen LogP contribution in [0.5, 0.6) is 0 Å². The van der Waals surface area contributed by atoms with Crippen molar-refractivity contribution in [3.05, 3.63) is 203 Å². The molecule has 0 aliphatic rings. The lowest BCUT2D eigenvalue weighted by atomic mass is 9.86. The van der Waals surface area contributed by atoms with Crippen LogP contribution in [-0.2, 0) is 21.7 Å². The van der Waals surface area contributed by atoms with E-state index in [0.29, 0.717) is 33.9 Å². The van der Waals surface area contributed by atoms with Crippen LogP contribution in [0.2, 0.25) is 0 Å². The lowest BCUT2D eigenvalue weighted by molar-refractivity contribution is 0.591. The normalized spacial score (nSPS) is 12.8. The van der Waals surface area contributed by atoms with Gasteiger partial charge in [0, 0.05) is 43.1 Å². The van der Waals surface area contributed by atoms with Gasteiger partial charge in [0.1, 0.15) is 23.3 Å². The number of para-hydroxylation sites is 4. The van der Waals surface area contributed by atoms with Crippen LogP contribution in [0.3, 0.4) is 0 Å². The molecule has 0 fully saturated rings. The van der Waals surface area contributed by atoms with E-state index in [4.69, 9.17) is 0 Å². The fourth-order valence-electron chi connectivity index (χ4n) is 12.5. The number of benzene rings is 9. The number of rotatable bonds is 4. The number of fused-ring (bicyclic) bond motifs is 12. The Morgan fingerprint density at radius 1 is 0.256 bits per heavy atom. The maximum Gasteiger partial charge on any atom is 0.104 e. The molecule has 13 rings (SSSR count). The molecule has 0 saturated heterocycles. The van der Waals surface area contributed by atoms with Gasteiger partial charge in [-0.1, -0.05) is 180 Å². The molecule has 0 amide bonds. The zero-order valence-electron chi connectivity index (χ0n) is 46.8. The Morgan fingerprint density at radius 2 is 0.449 bits per heavy atom. The molecule has 78 heavy (non-hydrogen) atoms. The largest absolute Gasteiger partial charge is 0.306 e. The molecule has 6 nitrogen and oxygen atoms in total. The van der Waals surface area contributed by atoms with E-state index in [9.17, 15) is 10.5 Å². The van der Waals surface area contributed by atoms with Crippen molar-refractivity contribution in [2.75, 3.05) is 0 Å². The fraction of sp³-hybridized carbons (Fsp3) is 0.222. The molecular weight excluding hydrogens is 949 g/mol. The molecular formula is C72H64N6. The summed E-state index contributed by atoms with van der Waals surface area (Å²) in [6, 6.07) is 67.5. The third kappa shape index (κ3) is 7.12. The summed E-state index contributed by atoms with van der Waals surface area (Å²) >= 11 is 0. The van der Waals surface area contributed by atoms with E-state index in [1.54, 1.807) is 0 Å². The van der Waals surface area contributed by atoms with Crippen LogP contribution in [0.4, 0.5) is 0 Å². The van der Waals surface area contributed by atoms with E-state index >= 15 is 0 Å². The minimum atomic E-state index is -0.128. The molecule has 0 bridgehead atoms. The Bertz CT molecular complexity index is 4190. The predicted octanol–water partition coefficient (Wildman–Crippen LogP) is 19.0. The highest BCUT2D eigenvalue weighted by Crippen LogP contribution is 2.50. The molecule has 9 aromatic carbocycles. The van der Waals surface area contributed by atoms with Gasteiger partial charge in [0.2, 0.25) is 0 Å². The van der Waals surface area contributed by atoms with E-state index < -0.39 is 0 Å². The van der Waals surface area contributed by atoms with E-state index in [0.717, 1.165) is 87.2 Å². The van der Waals surface area contributed by atoms with E-state index in [-0.39, 0.29) is 21.7 Å². The lowest BCUT2D eigenvalue weighted by Crippen LogP contribution is -2.17. The summed E-state index contributed by atoms with van der Waals surface area (Å²) in [5.74, 6) is 0. The third-order valence-corrected chi connectivity index (χ3v) is 16.7. The van der Waals surface area contributed by atoms with Gasteiger partial charge < -0.3 is 18.3 Å². The zero-order valence-corrected chi connectivity index (χ0v) is 46.8.